The van der Waals surface area contributed by atoms with Crippen molar-refractivity contribution >= 4 is 11.6 Å². The van der Waals surface area contributed by atoms with E-state index in [0.29, 0.717) is 12.2 Å². The minimum absolute atomic E-state index is 0.0366. The van der Waals surface area contributed by atoms with E-state index in [9.17, 15) is 9.18 Å². The molecule has 1 fully saturated rings. The van der Waals surface area contributed by atoms with Gasteiger partial charge in [0, 0.05) is 26.2 Å². The van der Waals surface area contributed by atoms with Crippen LogP contribution in [0.1, 0.15) is 24.9 Å². The van der Waals surface area contributed by atoms with Crippen LogP contribution in [0.25, 0.3) is 0 Å². The molecule has 0 radical (unpaired) electrons. The molecule has 1 amide bonds. The van der Waals surface area contributed by atoms with Crippen molar-refractivity contribution in [3.05, 3.63) is 29.6 Å². The molecule has 4 nitrogen and oxygen atoms in total. The Bertz CT molecular complexity index is 492. The second kappa shape index (κ2) is 6.22. The summed E-state index contributed by atoms with van der Waals surface area (Å²) < 4.78 is 14.3. The number of likely N-dealkylation sites (N-methyl/N-ethyl adjacent to an activating group) is 1. The van der Waals surface area contributed by atoms with Crippen molar-refractivity contribution in [1.82, 2.24) is 10.2 Å². The van der Waals surface area contributed by atoms with Crippen LogP contribution in [0.5, 0.6) is 0 Å². The largest absolute Gasteiger partial charge is 0.360 e. The van der Waals surface area contributed by atoms with Crippen LogP contribution in [0.3, 0.4) is 0 Å². The Hall–Kier alpha value is -1.62. The Labute approximate surface area is 119 Å². The Morgan fingerprint density at radius 1 is 1.35 bits per heavy atom. The van der Waals surface area contributed by atoms with E-state index in [1.54, 1.807) is 24.1 Å². The molecule has 0 aliphatic carbocycles. The number of anilines is 1. The number of benzene rings is 1. The summed E-state index contributed by atoms with van der Waals surface area (Å²) in [5.74, 6) is -0.225. The molecule has 0 bridgehead atoms. The zero-order valence-corrected chi connectivity index (χ0v) is 12.3. The maximum Gasteiger partial charge on any atom is 0.241 e. The summed E-state index contributed by atoms with van der Waals surface area (Å²) in [4.78, 5) is 15.4. The van der Waals surface area contributed by atoms with Gasteiger partial charge in [-0.25, -0.2) is 4.39 Å². The fourth-order valence-electron chi connectivity index (χ4n) is 2.41. The van der Waals surface area contributed by atoms with Crippen molar-refractivity contribution in [3.63, 3.8) is 0 Å². The summed E-state index contributed by atoms with van der Waals surface area (Å²) in [6.45, 7) is 3.66. The van der Waals surface area contributed by atoms with Gasteiger partial charge in [0.25, 0.3) is 0 Å². The maximum atomic E-state index is 14.3. The van der Waals surface area contributed by atoms with Gasteiger partial charge in [-0.1, -0.05) is 6.07 Å². The molecule has 1 saturated heterocycles. The van der Waals surface area contributed by atoms with Crippen molar-refractivity contribution in [1.29, 1.82) is 0 Å². The smallest absolute Gasteiger partial charge is 0.241 e. The summed E-state index contributed by atoms with van der Waals surface area (Å²) in [7, 11) is 3.64. The van der Waals surface area contributed by atoms with Gasteiger partial charge in [-0.3, -0.25) is 4.79 Å². The summed E-state index contributed by atoms with van der Waals surface area (Å²) in [6, 6.07) is 5.35. The number of hydrogen-bond acceptors (Lipinski definition) is 3. The number of rotatable bonds is 3. The standard InChI is InChI=1S/C15H22FN3O/c1-11(17-2)12-5-6-14(13(16)9-12)19-8-4-7-18(3)15(20)10-19/h5-6,9,11,17H,4,7-8,10H2,1-3H3. The molecule has 1 unspecified atom stereocenters. The average molecular weight is 279 g/mol. The average Bonchev–Trinajstić information content (AvgIpc) is 2.60. The number of nitrogens with one attached hydrogen (secondary N) is 1. The Morgan fingerprint density at radius 3 is 2.75 bits per heavy atom. The van der Waals surface area contributed by atoms with Crippen molar-refractivity contribution in [3.8, 4) is 0 Å². The molecule has 1 atom stereocenters. The highest BCUT2D eigenvalue weighted by molar-refractivity contribution is 5.81. The number of halogens is 1. The number of amides is 1. The van der Waals surface area contributed by atoms with Crippen molar-refractivity contribution in [2.24, 2.45) is 0 Å². The van der Waals surface area contributed by atoms with Crippen LogP contribution in [-0.2, 0) is 4.79 Å². The number of carbonyl (C=O) groups is 1. The highest BCUT2D eigenvalue weighted by Crippen LogP contribution is 2.24. The van der Waals surface area contributed by atoms with Gasteiger partial charge in [-0.05, 0) is 38.1 Å². The Morgan fingerprint density at radius 2 is 2.10 bits per heavy atom. The molecule has 1 heterocycles. The molecule has 1 aliphatic heterocycles. The third-order valence-corrected chi connectivity index (χ3v) is 3.92. The minimum atomic E-state index is -0.262. The van der Waals surface area contributed by atoms with Gasteiger partial charge in [-0.15, -0.1) is 0 Å². The van der Waals surface area contributed by atoms with E-state index in [0.717, 1.165) is 18.5 Å². The van der Waals surface area contributed by atoms with E-state index in [1.165, 1.54) is 0 Å². The lowest BCUT2D eigenvalue weighted by Gasteiger charge is -2.23. The molecule has 0 saturated carbocycles. The highest BCUT2D eigenvalue weighted by atomic mass is 19.1. The number of hydrogen-bond donors (Lipinski definition) is 1. The third-order valence-electron chi connectivity index (χ3n) is 3.92. The van der Waals surface area contributed by atoms with Crippen LogP contribution in [0, 0.1) is 5.82 Å². The van der Waals surface area contributed by atoms with Crippen LogP contribution in [0.4, 0.5) is 10.1 Å². The number of carbonyl (C=O) groups excluding carboxylic acids is 1. The topological polar surface area (TPSA) is 35.6 Å². The molecule has 0 aromatic heterocycles. The molecule has 1 N–H and O–H groups in total. The van der Waals surface area contributed by atoms with Gasteiger partial charge in [0.05, 0.1) is 12.2 Å². The summed E-state index contributed by atoms with van der Waals surface area (Å²) >= 11 is 0. The normalized spacial score (nSPS) is 18.1. The van der Waals surface area contributed by atoms with E-state index in [4.69, 9.17) is 0 Å². The molecule has 110 valence electrons. The maximum absolute atomic E-state index is 14.3. The van der Waals surface area contributed by atoms with Crippen molar-refractivity contribution in [2.45, 2.75) is 19.4 Å². The van der Waals surface area contributed by atoms with Crippen LogP contribution < -0.4 is 10.2 Å². The predicted octanol–water partition coefficient (Wildman–Crippen LogP) is 1.77. The van der Waals surface area contributed by atoms with E-state index in [1.807, 2.05) is 24.9 Å². The molecule has 1 aromatic carbocycles. The molecular weight excluding hydrogens is 257 g/mol. The van der Waals surface area contributed by atoms with Gasteiger partial charge in [0.15, 0.2) is 0 Å². The lowest BCUT2D eigenvalue weighted by atomic mass is 10.1. The zero-order valence-electron chi connectivity index (χ0n) is 12.3. The first-order valence-electron chi connectivity index (χ1n) is 6.98. The molecule has 1 aliphatic rings. The first-order chi connectivity index (χ1) is 9.52. The second-order valence-electron chi connectivity index (χ2n) is 5.31. The van der Waals surface area contributed by atoms with Crippen molar-refractivity contribution < 1.29 is 9.18 Å². The highest BCUT2D eigenvalue weighted by Gasteiger charge is 2.21. The SMILES string of the molecule is CNC(C)c1ccc(N2CCCN(C)C(=O)C2)c(F)c1. The molecule has 20 heavy (non-hydrogen) atoms. The Balaban J connectivity index is 2.22. The molecule has 2 rings (SSSR count). The third kappa shape index (κ3) is 3.10. The van der Waals surface area contributed by atoms with Gasteiger partial charge in [0.1, 0.15) is 5.82 Å². The molecule has 5 heteroatoms. The quantitative estimate of drug-likeness (QED) is 0.916. The fraction of sp³-hybridized carbons (Fsp3) is 0.533. The lowest BCUT2D eigenvalue weighted by Crippen LogP contribution is -2.34. The summed E-state index contributed by atoms with van der Waals surface area (Å²) in [5.41, 5.74) is 1.42. The predicted molar refractivity (Wildman–Crippen MR) is 78.3 cm³/mol. The lowest BCUT2D eigenvalue weighted by molar-refractivity contribution is -0.127. The van der Waals surface area contributed by atoms with Gasteiger partial charge in [0.2, 0.25) is 5.91 Å². The van der Waals surface area contributed by atoms with E-state index < -0.39 is 0 Å². The summed E-state index contributed by atoms with van der Waals surface area (Å²) in [5, 5.41) is 3.09. The molecule has 1 aromatic rings. The summed E-state index contributed by atoms with van der Waals surface area (Å²) in [6.07, 6.45) is 0.857. The van der Waals surface area contributed by atoms with Gasteiger partial charge in [-0.2, -0.15) is 0 Å². The first-order valence-corrected chi connectivity index (χ1v) is 6.98. The Kier molecular flexibility index (Phi) is 4.60. The van der Waals surface area contributed by atoms with Gasteiger partial charge >= 0.3 is 0 Å². The minimum Gasteiger partial charge on any atom is -0.360 e. The van der Waals surface area contributed by atoms with Crippen LogP contribution in [0.2, 0.25) is 0 Å². The first kappa shape index (κ1) is 14.8. The molecular formula is C15H22FN3O. The second-order valence-corrected chi connectivity index (χ2v) is 5.31. The van der Waals surface area contributed by atoms with E-state index in [-0.39, 0.29) is 24.3 Å². The van der Waals surface area contributed by atoms with Gasteiger partial charge < -0.3 is 15.1 Å². The van der Waals surface area contributed by atoms with Crippen LogP contribution in [-0.4, -0.2) is 44.5 Å². The number of nitrogens with zero attached hydrogens (tertiary/aromatic N) is 2. The van der Waals surface area contributed by atoms with E-state index in [2.05, 4.69) is 5.32 Å². The van der Waals surface area contributed by atoms with E-state index >= 15 is 0 Å². The zero-order chi connectivity index (χ0) is 14.7. The fourth-order valence-corrected chi connectivity index (χ4v) is 2.41. The van der Waals surface area contributed by atoms with Crippen molar-refractivity contribution in [2.75, 3.05) is 38.6 Å². The van der Waals surface area contributed by atoms with Crippen LogP contribution in [0.15, 0.2) is 18.2 Å². The molecule has 0 spiro atoms. The monoisotopic (exact) mass is 279 g/mol. The van der Waals surface area contributed by atoms with Crippen LogP contribution >= 0.6 is 0 Å².